The second kappa shape index (κ2) is 8.41. The standard InChI is InChI=1S/C22H21N3O3S2/c1-4-28-21(27)18-14(3)24-22-25(19(18)16-6-5-11-29-16)20(26)17(30-22)12-23-15-9-7-13(2)8-10-15/h5-12,19,23H,4H2,1-3H3/b17-12-/t19-/m0/s1. The number of ether oxygens (including phenoxy) is 1. The van der Waals surface area contributed by atoms with E-state index in [-0.39, 0.29) is 12.2 Å². The Morgan fingerprint density at radius 1 is 1.27 bits per heavy atom. The van der Waals surface area contributed by atoms with Crippen LogP contribution in [0.25, 0.3) is 6.20 Å². The molecule has 1 aliphatic heterocycles. The van der Waals surface area contributed by atoms with E-state index in [1.807, 2.05) is 48.7 Å². The van der Waals surface area contributed by atoms with Gasteiger partial charge in [-0.25, -0.2) is 9.79 Å². The van der Waals surface area contributed by atoms with E-state index in [4.69, 9.17) is 4.74 Å². The number of nitrogens with one attached hydrogen (secondary N) is 1. The number of thiophene rings is 1. The van der Waals surface area contributed by atoms with E-state index in [2.05, 4.69) is 10.3 Å². The van der Waals surface area contributed by atoms with Gasteiger partial charge in [-0.3, -0.25) is 9.36 Å². The Morgan fingerprint density at radius 2 is 2.03 bits per heavy atom. The molecule has 0 saturated carbocycles. The van der Waals surface area contributed by atoms with Gasteiger partial charge in [0.25, 0.3) is 5.56 Å². The van der Waals surface area contributed by atoms with E-state index in [9.17, 15) is 9.59 Å². The van der Waals surface area contributed by atoms with Crippen LogP contribution in [0.15, 0.2) is 62.8 Å². The van der Waals surface area contributed by atoms with Gasteiger partial charge in [-0.15, -0.1) is 11.3 Å². The third kappa shape index (κ3) is 3.76. The van der Waals surface area contributed by atoms with Crippen LogP contribution < -0.4 is 20.2 Å². The first-order valence-corrected chi connectivity index (χ1v) is 11.2. The van der Waals surface area contributed by atoms with Gasteiger partial charge in [-0.05, 0) is 44.4 Å². The van der Waals surface area contributed by atoms with Crippen molar-refractivity contribution >= 4 is 40.5 Å². The van der Waals surface area contributed by atoms with Gasteiger partial charge in [-0.1, -0.05) is 35.1 Å². The van der Waals surface area contributed by atoms with Gasteiger partial charge in [0.1, 0.15) is 10.6 Å². The summed E-state index contributed by atoms with van der Waals surface area (Å²) in [6, 6.07) is 11.2. The van der Waals surface area contributed by atoms with Crippen molar-refractivity contribution in [3.05, 3.63) is 83.2 Å². The Kier molecular flexibility index (Phi) is 5.69. The number of hydrogen-bond acceptors (Lipinski definition) is 7. The van der Waals surface area contributed by atoms with Gasteiger partial charge in [0, 0.05) is 16.8 Å². The number of hydrogen-bond donors (Lipinski definition) is 1. The fraction of sp³-hybridized carbons (Fsp3) is 0.227. The predicted octanol–water partition coefficient (Wildman–Crippen LogP) is 3.19. The number of nitrogens with zero attached hydrogens (tertiary/aromatic N) is 2. The summed E-state index contributed by atoms with van der Waals surface area (Å²) in [5.74, 6) is -0.441. The summed E-state index contributed by atoms with van der Waals surface area (Å²) in [6.45, 7) is 5.84. The molecule has 3 heterocycles. The summed E-state index contributed by atoms with van der Waals surface area (Å²) in [7, 11) is 0. The summed E-state index contributed by atoms with van der Waals surface area (Å²) in [6.07, 6.45) is 1.70. The average Bonchev–Trinajstić information content (AvgIpc) is 3.35. The second-order valence-corrected chi connectivity index (χ2v) is 8.82. The number of benzene rings is 1. The number of fused-ring (bicyclic) bond motifs is 1. The molecule has 1 N–H and O–H groups in total. The molecule has 2 aromatic heterocycles. The smallest absolute Gasteiger partial charge is 0.338 e. The maximum atomic E-state index is 13.3. The molecule has 0 radical (unpaired) electrons. The van der Waals surface area contributed by atoms with Gasteiger partial charge in [0.15, 0.2) is 4.80 Å². The number of anilines is 1. The maximum absolute atomic E-state index is 13.3. The Morgan fingerprint density at radius 3 is 2.70 bits per heavy atom. The van der Waals surface area contributed by atoms with Crippen molar-refractivity contribution in [2.75, 3.05) is 11.9 Å². The van der Waals surface area contributed by atoms with E-state index in [0.29, 0.717) is 20.6 Å². The van der Waals surface area contributed by atoms with Crippen molar-refractivity contribution in [3.63, 3.8) is 0 Å². The molecule has 0 fully saturated rings. The molecule has 0 unspecified atom stereocenters. The fourth-order valence-electron chi connectivity index (χ4n) is 3.31. The zero-order valence-corrected chi connectivity index (χ0v) is 18.5. The van der Waals surface area contributed by atoms with E-state index < -0.39 is 12.0 Å². The maximum Gasteiger partial charge on any atom is 0.338 e. The van der Waals surface area contributed by atoms with Crippen LogP contribution in [-0.2, 0) is 9.53 Å². The van der Waals surface area contributed by atoms with E-state index >= 15 is 0 Å². The number of carbonyl (C=O) groups excluding carboxylic acids is 1. The first kappa shape index (κ1) is 20.3. The van der Waals surface area contributed by atoms with Crippen LogP contribution >= 0.6 is 22.7 Å². The summed E-state index contributed by atoms with van der Waals surface area (Å²) in [5, 5.41) is 5.11. The molecule has 0 aliphatic carbocycles. The van der Waals surface area contributed by atoms with Crippen molar-refractivity contribution in [2.45, 2.75) is 26.8 Å². The van der Waals surface area contributed by atoms with Crippen LogP contribution in [0.3, 0.4) is 0 Å². The Bertz CT molecular complexity index is 1280. The lowest BCUT2D eigenvalue weighted by Gasteiger charge is -2.23. The molecule has 1 atom stereocenters. The van der Waals surface area contributed by atoms with Crippen molar-refractivity contribution in [1.29, 1.82) is 0 Å². The summed E-state index contributed by atoms with van der Waals surface area (Å²) in [4.78, 5) is 32.0. The summed E-state index contributed by atoms with van der Waals surface area (Å²) >= 11 is 2.80. The number of thiazole rings is 1. The lowest BCUT2D eigenvalue weighted by molar-refractivity contribution is -0.139. The number of allylic oxidation sites excluding steroid dienone is 1. The quantitative estimate of drug-likeness (QED) is 0.620. The van der Waals surface area contributed by atoms with Gasteiger partial charge in [0.2, 0.25) is 0 Å². The van der Waals surface area contributed by atoms with Crippen molar-refractivity contribution in [3.8, 4) is 0 Å². The minimum Gasteiger partial charge on any atom is -0.463 e. The largest absolute Gasteiger partial charge is 0.463 e. The highest BCUT2D eigenvalue weighted by molar-refractivity contribution is 7.10. The molecule has 6 nitrogen and oxygen atoms in total. The van der Waals surface area contributed by atoms with Crippen molar-refractivity contribution in [1.82, 2.24) is 4.57 Å². The number of aromatic nitrogens is 1. The molecular weight excluding hydrogens is 418 g/mol. The molecular formula is C22H21N3O3S2. The second-order valence-electron chi connectivity index (χ2n) is 6.83. The molecule has 1 aliphatic rings. The molecule has 154 valence electrons. The molecule has 3 aromatic rings. The third-order valence-electron chi connectivity index (χ3n) is 4.75. The summed E-state index contributed by atoms with van der Waals surface area (Å²) < 4.78 is 7.39. The van der Waals surface area contributed by atoms with Gasteiger partial charge >= 0.3 is 5.97 Å². The van der Waals surface area contributed by atoms with E-state index in [1.165, 1.54) is 22.7 Å². The first-order valence-electron chi connectivity index (χ1n) is 9.54. The average molecular weight is 440 g/mol. The molecule has 0 bridgehead atoms. The summed E-state index contributed by atoms with van der Waals surface area (Å²) in [5.41, 5.74) is 2.85. The fourth-order valence-corrected chi connectivity index (χ4v) is 5.10. The van der Waals surface area contributed by atoms with Gasteiger partial charge in [-0.2, -0.15) is 0 Å². The Labute approximate surface area is 181 Å². The van der Waals surface area contributed by atoms with Crippen LogP contribution in [0.2, 0.25) is 0 Å². The van der Waals surface area contributed by atoms with E-state index in [1.54, 1.807) is 24.6 Å². The first-order chi connectivity index (χ1) is 14.5. The topological polar surface area (TPSA) is 72.7 Å². The minimum absolute atomic E-state index is 0.189. The highest BCUT2D eigenvalue weighted by Gasteiger charge is 2.33. The predicted molar refractivity (Wildman–Crippen MR) is 120 cm³/mol. The SMILES string of the molecule is CCOC(=O)C1=C(C)N=c2s/c(=C\Nc3ccc(C)cc3)c(=O)n2[C@H]1c1cccs1. The molecule has 0 saturated heterocycles. The number of carbonyl (C=O) groups is 1. The normalized spacial score (nSPS) is 16.2. The van der Waals surface area contributed by atoms with Crippen LogP contribution in [0.4, 0.5) is 5.69 Å². The van der Waals surface area contributed by atoms with Crippen LogP contribution in [-0.4, -0.2) is 17.1 Å². The van der Waals surface area contributed by atoms with Crippen LogP contribution in [0.5, 0.6) is 0 Å². The highest BCUT2D eigenvalue weighted by Crippen LogP contribution is 2.33. The van der Waals surface area contributed by atoms with Gasteiger partial charge in [0.05, 0.1) is 17.9 Å². The van der Waals surface area contributed by atoms with E-state index in [0.717, 1.165) is 16.1 Å². The third-order valence-corrected chi connectivity index (χ3v) is 6.66. The van der Waals surface area contributed by atoms with Crippen molar-refractivity contribution < 1.29 is 9.53 Å². The molecule has 0 spiro atoms. The van der Waals surface area contributed by atoms with Gasteiger partial charge < -0.3 is 10.1 Å². The molecule has 4 rings (SSSR count). The number of esters is 1. The molecule has 1 aromatic carbocycles. The Balaban J connectivity index is 1.83. The lowest BCUT2D eigenvalue weighted by atomic mass is 10.0. The zero-order valence-electron chi connectivity index (χ0n) is 16.8. The monoisotopic (exact) mass is 439 g/mol. The lowest BCUT2D eigenvalue weighted by Crippen LogP contribution is -2.39. The van der Waals surface area contributed by atoms with Crippen LogP contribution in [0.1, 0.15) is 30.3 Å². The molecule has 8 heteroatoms. The zero-order chi connectivity index (χ0) is 21.3. The number of rotatable bonds is 5. The van der Waals surface area contributed by atoms with Crippen LogP contribution in [0, 0.1) is 6.92 Å². The molecule has 30 heavy (non-hydrogen) atoms. The molecule has 0 amide bonds. The minimum atomic E-state index is -0.540. The van der Waals surface area contributed by atoms with Crippen molar-refractivity contribution in [2.24, 2.45) is 4.99 Å². The number of aryl methyl sites for hydroxylation is 1. The highest BCUT2D eigenvalue weighted by atomic mass is 32.1. The Hall–Kier alpha value is -2.97.